The summed E-state index contributed by atoms with van der Waals surface area (Å²) >= 11 is 0. The van der Waals surface area contributed by atoms with E-state index in [2.05, 4.69) is 28.1 Å². The summed E-state index contributed by atoms with van der Waals surface area (Å²) < 4.78 is 8.31. The maximum Gasteiger partial charge on any atom is 0.200 e. The van der Waals surface area contributed by atoms with Gasteiger partial charge in [-0.25, -0.2) is 0 Å². The number of nitrogens with zero attached hydrogens (tertiary/aromatic N) is 5. The summed E-state index contributed by atoms with van der Waals surface area (Å²) in [6.07, 6.45) is 11.2. The van der Waals surface area contributed by atoms with E-state index in [9.17, 15) is 0 Å². The van der Waals surface area contributed by atoms with Gasteiger partial charge in [-0.3, -0.25) is 0 Å². The van der Waals surface area contributed by atoms with Crippen molar-refractivity contribution in [3.63, 3.8) is 0 Å². The minimum Gasteiger partial charge on any atom is -0.371 e. The average molecular weight is 341 g/mol. The molecule has 3 fully saturated rings. The highest BCUT2D eigenvalue weighted by Gasteiger charge is 2.39. The number of anilines is 1. The van der Waals surface area contributed by atoms with Crippen LogP contribution in [-0.4, -0.2) is 45.1 Å². The lowest BCUT2D eigenvalue weighted by Gasteiger charge is -2.39. The number of unbranched alkanes of at least 4 members (excludes halogenated alkanes) is 1. The molecule has 6 heteroatoms. The third kappa shape index (κ3) is 3.12. The number of morpholine rings is 1. The van der Waals surface area contributed by atoms with E-state index in [1.807, 2.05) is 4.52 Å². The zero-order valence-electron chi connectivity index (χ0n) is 15.0. The van der Waals surface area contributed by atoms with E-state index in [1.54, 1.807) is 6.33 Å². The first-order valence-electron chi connectivity index (χ1n) is 9.93. The Bertz CT molecular complexity index is 751. The molecule has 3 heterocycles. The maximum atomic E-state index is 6.45. The number of ether oxygens (including phenoxy) is 1. The van der Waals surface area contributed by atoms with Crippen molar-refractivity contribution in [2.75, 3.05) is 18.0 Å². The van der Waals surface area contributed by atoms with Crippen LogP contribution < -0.4 is 4.90 Å². The van der Waals surface area contributed by atoms with Crippen LogP contribution in [0.1, 0.15) is 63.5 Å². The number of fused-ring (bicyclic) bond motifs is 1. The zero-order chi connectivity index (χ0) is 16.8. The van der Waals surface area contributed by atoms with Gasteiger partial charge in [0.2, 0.25) is 5.65 Å². The van der Waals surface area contributed by atoms with Crippen LogP contribution in [0.25, 0.3) is 5.65 Å². The van der Waals surface area contributed by atoms with Gasteiger partial charge in [-0.15, -0.1) is 10.2 Å². The van der Waals surface area contributed by atoms with Crippen molar-refractivity contribution >= 4 is 11.3 Å². The molecule has 0 spiro atoms. The first kappa shape index (κ1) is 15.6. The summed E-state index contributed by atoms with van der Waals surface area (Å²) in [5, 5.41) is 13.2. The summed E-state index contributed by atoms with van der Waals surface area (Å²) in [7, 11) is 0. The van der Waals surface area contributed by atoms with Crippen molar-refractivity contribution in [2.45, 2.75) is 70.0 Å². The minimum atomic E-state index is 0.333. The maximum absolute atomic E-state index is 6.45. The van der Waals surface area contributed by atoms with Crippen LogP contribution >= 0.6 is 0 Å². The predicted octanol–water partition coefficient (Wildman–Crippen LogP) is 3.18. The smallest absolute Gasteiger partial charge is 0.200 e. The largest absolute Gasteiger partial charge is 0.371 e. The molecule has 2 atom stereocenters. The topological polar surface area (TPSA) is 55.6 Å². The fraction of sp³-hybridized carbons (Fsp3) is 0.737. The molecule has 2 aromatic heterocycles. The van der Waals surface area contributed by atoms with E-state index in [4.69, 9.17) is 9.84 Å². The Hall–Kier alpha value is -1.69. The van der Waals surface area contributed by atoms with Gasteiger partial charge in [-0.05, 0) is 44.1 Å². The van der Waals surface area contributed by atoms with Crippen molar-refractivity contribution in [1.82, 2.24) is 19.8 Å². The van der Waals surface area contributed by atoms with E-state index < -0.39 is 0 Å². The van der Waals surface area contributed by atoms with E-state index in [1.165, 1.54) is 49.9 Å². The van der Waals surface area contributed by atoms with Crippen molar-refractivity contribution in [1.29, 1.82) is 0 Å². The third-order valence-electron chi connectivity index (χ3n) is 5.82. The molecule has 0 N–H and O–H groups in total. The molecule has 25 heavy (non-hydrogen) atoms. The SMILES string of the molecule is CCCC[C@@H]1CN(c2cc(C3CC3)nn3cnnc23)C[C@H](C2CC2)O1. The standard InChI is InChI=1S/C19H27N5O/c1-2-3-4-15-10-23(11-18(25-15)14-7-8-14)17-9-16(13-5-6-13)22-24-12-20-21-19(17)24/h9,12-15,18H,2-8,10-11H2,1H3/t15-,18-/m1/s1. The molecule has 0 aromatic carbocycles. The van der Waals surface area contributed by atoms with Crippen LogP contribution in [0.15, 0.2) is 12.4 Å². The van der Waals surface area contributed by atoms with E-state index >= 15 is 0 Å². The van der Waals surface area contributed by atoms with Crippen LogP contribution in [-0.2, 0) is 4.74 Å². The molecule has 134 valence electrons. The van der Waals surface area contributed by atoms with Gasteiger partial charge in [0.15, 0.2) is 0 Å². The normalized spacial score (nSPS) is 27.2. The summed E-state index contributed by atoms with van der Waals surface area (Å²) in [6.45, 7) is 4.19. The second-order valence-electron chi connectivity index (χ2n) is 8.01. The summed E-state index contributed by atoms with van der Waals surface area (Å²) in [6, 6.07) is 2.27. The number of hydrogen-bond acceptors (Lipinski definition) is 5. The fourth-order valence-electron chi connectivity index (χ4n) is 4.03. The monoisotopic (exact) mass is 341 g/mol. The molecule has 2 saturated carbocycles. The lowest BCUT2D eigenvalue weighted by Crippen LogP contribution is -2.48. The molecule has 1 saturated heterocycles. The highest BCUT2D eigenvalue weighted by Crippen LogP contribution is 2.42. The molecular weight excluding hydrogens is 314 g/mol. The highest BCUT2D eigenvalue weighted by atomic mass is 16.5. The minimum absolute atomic E-state index is 0.333. The molecule has 0 radical (unpaired) electrons. The number of rotatable bonds is 6. The van der Waals surface area contributed by atoms with Crippen molar-refractivity contribution in [3.8, 4) is 0 Å². The van der Waals surface area contributed by atoms with Gasteiger partial charge in [0.05, 0.1) is 23.6 Å². The van der Waals surface area contributed by atoms with Gasteiger partial charge >= 0.3 is 0 Å². The first-order chi connectivity index (χ1) is 12.3. The second-order valence-corrected chi connectivity index (χ2v) is 8.01. The third-order valence-corrected chi connectivity index (χ3v) is 5.82. The summed E-state index contributed by atoms with van der Waals surface area (Å²) in [5.41, 5.74) is 3.28. The van der Waals surface area contributed by atoms with Crippen molar-refractivity contribution < 1.29 is 4.74 Å². The van der Waals surface area contributed by atoms with Crippen molar-refractivity contribution in [2.24, 2.45) is 5.92 Å². The molecule has 3 aliphatic rings. The Morgan fingerprint density at radius 3 is 2.84 bits per heavy atom. The Labute approximate surface area is 148 Å². The van der Waals surface area contributed by atoms with Gasteiger partial charge in [-0.2, -0.15) is 9.61 Å². The quantitative estimate of drug-likeness (QED) is 0.808. The molecule has 6 nitrogen and oxygen atoms in total. The number of hydrogen-bond donors (Lipinski definition) is 0. The van der Waals surface area contributed by atoms with Gasteiger partial charge in [0, 0.05) is 19.0 Å². The van der Waals surface area contributed by atoms with Gasteiger partial charge in [0.1, 0.15) is 6.33 Å². The van der Waals surface area contributed by atoms with Gasteiger partial charge in [-0.1, -0.05) is 19.8 Å². The fourth-order valence-corrected chi connectivity index (χ4v) is 4.03. The molecule has 2 aromatic rings. The molecule has 0 unspecified atom stereocenters. The molecular formula is C19H27N5O. The van der Waals surface area contributed by atoms with Gasteiger partial charge < -0.3 is 9.64 Å². The average Bonchev–Trinajstić information content (AvgIpc) is 3.55. The van der Waals surface area contributed by atoms with Crippen molar-refractivity contribution in [3.05, 3.63) is 18.1 Å². The predicted molar refractivity (Wildman–Crippen MR) is 95.9 cm³/mol. The van der Waals surface area contributed by atoms with Crippen LogP contribution in [0.3, 0.4) is 0 Å². The summed E-state index contributed by atoms with van der Waals surface area (Å²) in [5.74, 6) is 1.38. The highest BCUT2D eigenvalue weighted by molar-refractivity contribution is 5.69. The molecule has 1 aliphatic heterocycles. The first-order valence-corrected chi connectivity index (χ1v) is 9.93. The van der Waals surface area contributed by atoms with E-state index in [0.29, 0.717) is 18.1 Å². The molecule has 0 amide bonds. The Balaban J connectivity index is 1.47. The number of aromatic nitrogens is 4. The Kier molecular flexibility index (Phi) is 3.88. The molecule has 5 rings (SSSR count). The molecule has 2 aliphatic carbocycles. The molecule has 0 bridgehead atoms. The van der Waals surface area contributed by atoms with Gasteiger partial charge in [0.25, 0.3) is 0 Å². The van der Waals surface area contributed by atoms with Crippen LogP contribution in [0.5, 0.6) is 0 Å². The van der Waals surface area contributed by atoms with E-state index in [0.717, 1.165) is 31.1 Å². The zero-order valence-corrected chi connectivity index (χ0v) is 15.0. The van der Waals surface area contributed by atoms with Crippen LogP contribution in [0.2, 0.25) is 0 Å². The lowest BCUT2D eigenvalue weighted by atomic mass is 10.1. The Morgan fingerprint density at radius 2 is 2.08 bits per heavy atom. The Morgan fingerprint density at radius 1 is 1.20 bits per heavy atom. The second kappa shape index (κ2) is 6.24. The van der Waals surface area contributed by atoms with Crippen LogP contribution in [0, 0.1) is 5.92 Å². The van der Waals surface area contributed by atoms with Crippen LogP contribution in [0.4, 0.5) is 5.69 Å². The summed E-state index contributed by atoms with van der Waals surface area (Å²) in [4.78, 5) is 2.50. The van der Waals surface area contributed by atoms with E-state index in [-0.39, 0.29) is 0 Å². The lowest BCUT2D eigenvalue weighted by molar-refractivity contribution is -0.0409.